The molecule has 0 bridgehead atoms. The van der Waals surface area contributed by atoms with Crippen LogP contribution in [-0.2, 0) is 4.79 Å². The highest BCUT2D eigenvalue weighted by Crippen LogP contribution is 2.47. The lowest BCUT2D eigenvalue weighted by Gasteiger charge is -2.38. The number of carbonyl (C=O) groups excluding carboxylic acids is 1. The summed E-state index contributed by atoms with van der Waals surface area (Å²) in [7, 11) is 0. The first kappa shape index (κ1) is 20.3. The van der Waals surface area contributed by atoms with Crippen LogP contribution in [0.3, 0.4) is 0 Å². The minimum absolute atomic E-state index is 0.118. The quantitative estimate of drug-likeness (QED) is 0.623. The van der Waals surface area contributed by atoms with Crippen molar-refractivity contribution in [3.05, 3.63) is 65.4 Å². The van der Waals surface area contributed by atoms with Crippen LogP contribution in [-0.4, -0.2) is 32.3 Å². The molecule has 5 rings (SSSR count). The van der Waals surface area contributed by atoms with Gasteiger partial charge in [-0.1, -0.05) is 32.0 Å². The first-order valence-electron chi connectivity index (χ1n) is 10.9. The molecule has 2 N–H and O–H groups in total. The molecule has 7 nitrogen and oxygen atoms in total. The van der Waals surface area contributed by atoms with Crippen LogP contribution < -0.4 is 10.1 Å². The van der Waals surface area contributed by atoms with E-state index in [-0.39, 0.29) is 16.9 Å². The zero-order valence-corrected chi connectivity index (χ0v) is 18.4. The number of nitrogens with one attached hydrogen (secondary N) is 1. The summed E-state index contributed by atoms with van der Waals surface area (Å²) in [5.41, 5.74) is 3.17. The number of benzene rings is 2. The molecule has 1 aliphatic heterocycles. The van der Waals surface area contributed by atoms with Gasteiger partial charge in [0.2, 0.25) is 5.95 Å². The highest BCUT2D eigenvalue weighted by molar-refractivity contribution is 6.00. The van der Waals surface area contributed by atoms with Gasteiger partial charge in [0.25, 0.3) is 0 Å². The van der Waals surface area contributed by atoms with Crippen molar-refractivity contribution in [1.82, 2.24) is 14.8 Å². The van der Waals surface area contributed by atoms with Crippen LogP contribution in [0.5, 0.6) is 11.5 Å². The van der Waals surface area contributed by atoms with Gasteiger partial charge in [0.1, 0.15) is 17.5 Å². The fourth-order valence-electron chi connectivity index (χ4n) is 4.62. The van der Waals surface area contributed by atoms with Crippen molar-refractivity contribution in [2.45, 2.75) is 39.7 Å². The highest BCUT2D eigenvalue weighted by atomic mass is 16.5. The molecular weight excluding hydrogens is 404 g/mol. The molecule has 2 heterocycles. The van der Waals surface area contributed by atoms with Gasteiger partial charge in [-0.3, -0.25) is 4.79 Å². The molecule has 1 atom stereocenters. The Morgan fingerprint density at radius 1 is 1.16 bits per heavy atom. The number of nitrogens with zero attached hydrogens (tertiary/aromatic N) is 3. The van der Waals surface area contributed by atoms with Gasteiger partial charge < -0.3 is 15.2 Å². The second kappa shape index (κ2) is 7.51. The lowest BCUT2D eigenvalue weighted by Crippen LogP contribution is -2.36. The summed E-state index contributed by atoms with van der Waals surface area (Å²) in [4.78, 5) is 18.1. The summed E-state index contributed by atoms with van der Waals surface area (Å²) in [5, 5.41) is 17.8. The predicted molar refractivity (Wildman–Crippen MR) is 122 cm³/mol. The summed E-state index contributed by atoms with van der Waals surface area (Å²) in [6.07, 6.45) is 1.23. The Morgan fingerprint density at radius 3 is 2.66 bits per heavy atom. The molecule has 32 heavy (non-hydrogen) atoms. The van der Waals surface area contributed by atoms with Crippen molar-refractivity contribution in [1.29, 1.82) is 0 Å². The lowest BCUT2D eigenvalue weighted by molar-refractivity contribution is -0.118. The molecule has 1 unspecified atom stereocenters. The molecule has 0 saturated carbocycles. The fraction of sp³-hybridized carbons (Fsp3) is 0.320. The average molecular weight is 431 g/mol. The summed E-state index contributed by atoms with van der Waals surface area (Å²) in [6.45, 7) is 6.70. The number of phenolic OH excluding ortho intramolecular Hbond substituents is 1. The van der Waals surface area contributed by atoms with E-state index in [2.05, 4.69) is 19.2 Å². The largest absolute Gasteiger partial charge is 0.508 e. The predicted octanol–water partition coefficient (Wildman–Crippen LogP) is 4.71. The third kappa shape index (κ3) is 3.43. The number of phenols is 1. The average Bonchev–Trinajstić information content (AvgIpc) is 3.16. The van der Waals surface area contributed by atoms with Crippen molar-refractivity contribution in [2.75, 3.05) is 11.9 Å². The van der Waals surface area contributed by atoms with E-state index in [1.54, 1.807) is 28.9 Å². The fourth-order valence-corrected chi connectivity index (χ4v) is 4.62. The van der Waals surface area contributed by atoms with Gasteiger partial charge >= 0.3 is 0 Å². The van der Waals surface area contributed by atoms with Crippen LogP contribution in [0.15, 0.2) is 59.8 Å². The molecule has 2 aromatic carbocycles. The number of hydrogen-bond donors (Lipinski definition) is 2. The SMILES string of the molecule is CCOc1ccccc1C1C2=C(CC(C)(C)CC2=O)Nc2nc(-c3ccc(O)cc3)nn21. The molecule has 0 amide bonds. The molecule has 164 valence electrons. The van der Waals surface area contributed by atoms with Crippen molar-refractivity contribution < 1.29 is 14.6 Å². The third-order valence-electron chi connectivity index (χ3n) is 5.97. The van der Waals surface area contributed by atoms with E-state index in [0.29, 0.717) is 24.8 Å². The summed E-state index contributed by atoms with van der Waals surface area (Å²) in [6, 6.07) is 14.2. The van der Waals surface area contributed by atoms with Gasteiger partial charge in [0.05, 0.1) is 6.61 Å². The Hall–Kier alpha value is -3.61. The van der Waals surface area contributed by atoms with Gasteiger partial charge in [-0.15, -0.1) is 5.10 Å². The van der Waals surface area contributed by atoms with Crippen molar-refractivity contribution >= 4 is 11.7 Å². The number of aromatic hydroxyl groups is 1. The standard InChI is InChI=1S/C25H26N4O3/c1-4-32-20-8-6-5-7-17(20)22-21-18(13-25(2,3)14-19(21)31)26-24-27-23(28-29(22)24)15-9-11-16(30)12-10-15/h5-12,22,30H,4,13-14H2,1-3H3,(H,26,27,28). The van der Waals surface area contributed by atoms with Gasteiger partial charge in [0.15, 0.2) is 11.6 Å². The molecule has 0 fully saturated rings. The van der Waals surface area contributed by atoms with Gasteiger partial charge in [-0.2, -0.15) is 4.98 Å². The van der Waals surface area contributed by atoms with E-state index in [1.807, 2.05) is 31.2 Å². The number of ketones is 1. The minimum Gasteiger partial charge on any atom is -0.508 e. The Labute approximate surface area is 186 Å². The van der Waals surface area contributed by atoms with Crippen molar-refractivity contribution in [3.8, 4) is 22.9 Å². The van der Waals surface area contributed by atoms with Crippen molar-refractivity contribution in [3.63, 3.8) is 0 Å². The van der Waals surface area contributed by atoms with Crippen LogP contribution in [0.1, 0.15) is 45.2 Å². The van der Waals surface area contributed by atoms with E-state index in [9.17, 15) is 9.90 Å². The van der Waals surface area contributed by atoms with Gasteiger partial charge in [-0.05, 0) is 49.1 Å². The number of hydrogen-bond acceptors (Lipinski definition) is 6. The monoisotopic (exact) mass is 430 g/mol. The van der Waals surface area contributed by atoms with Crippen LogP contribution in [0, 0.1) is 5.41 Å². The molecule has 0 spiro atoms. The van der Waals surface area contributed by atoms with Gasteiger partial charge in [0, 0.05) is 28.8 Å². The molecule has 3 aromatic rings. The number of ether oxygens (including phenoxy) is 1. The smallest absolute Gasteiger partial charge is 0.226 e. The first-order chi connectivity index (χ1) is 15.4. The Balaban J connectivity index is 1.70. The number of anilines is 1. The molecule has 1 aromatic heterocycles. The number of fused-ring (bicyclic) bond motifs is 1. The zero-order chi connectivity index (χ0) is 22.5. The number of Topliss-reactive ketones (excluding diaryl/α,β-unsaturated/α-hetero) is 1. The maximum Gasteiger partial charge on any atom is 0.226 e. The van der Waals surface area contributed by atoms with Crippen molar-refractivity contribution in [2.24, 2.45) is 5.41 Å². The Morgan fingerprint density at radius 2 is 1.91 bits per heavy atom. The first-order valence-corrected chi connectivity index (χ1v) is 10.9. The maximum absolute atomic E-state index is 13.4. The van der Waals surface area contributed by atoms with Crippen LogP contribution >= 0.6 is 0 Å². The van der Waals surface area contributed by atoms with E-state index >= 15 is 0 Å². The second-order valence-electron chi connectivity index (χ2n) is 9.08. The number of rotatable bonds is 4. The number of carbonyl (C=O) groups is 1. The molecular formula is C25H26N4O3. The topological polar surface area (TPSA) is 89.3 Å². The molecule has 2 aliphatic rings. The number of para-hydroxylation sites is 1. The van der Waals surface area contributed by atoms with Crippen LogP contribution in [0.2, 0.25) is 0 Å². The van der Waals surface area contributed by atoms with E-state index in [4.69, 9.17) is 14.8 Å². The van der Waals surface area contributed by atoms with E-state index < -0.39 is 6.04 Å². The Kier molecular flexibility index (Phi) is 4.77. The maximum atomic E-state index is 13.4. The number of allylic oxidation sites excluding steroid dienone is 2. The van der Waals surface area contributed by atoms with Crippen LogP contribution in [0.4, 0.5) is 5.95 Å². The Bertz CT molecular complexity index is 1220. The molecule has 7 heteroatoms. The second-order valence-corrected chi connectivity index (χ2v) is 9.08. The third-order valence-corrected chi connectivity index (χ3v) is 5.97. The minimum atomic E-state index is -0.425. The summed E-state index contributed by atoms with van der Waals surface area (Å²) in [5.74, 6) is 2.15. The molecule has 1 aliphatic carbocycles. The molecule has 0 radical (unpaired) electrons. The van der Waals surface area contributed by atoms with E-state index in [0.717, 1.165) is 34.6 Å². The summed E-state index contributed by atoms with van der Waals surface area (Å²) >= 11 is 0. The lowest BCUT2D eigenvalue weighted by atomic mass is 9.73. The van der Waals surface area contributed by atoms with Crippen LogP contribution in [0.25, 0.3) is 11.4 Å². The zero-order valence-electron chi connectivity index (χ0n) is 18.4. The van der Waals surface area contributed by atoms with E-state index in [1.165, 1.54) is 0 Å². The van der Waals surface area contributed by atoms with Gasteiger partial charge in [-0.25, -0.2) is 4.68 Å². The number of aromatic nitrogens is 3. The normalized spacial score (nSPS) is 19.2. The highest BCUT2D eigenvalue weighted by Gasteiger charge is 2.42. The summed E-state index contributed by atoms with van der Waals surface area (Å²) < 4.78 is 7.71. The molecule has 0 saturated heterocycles.